The maximum atomic E-state index is 11.6. The summed E-state index contributed by atoms with van der Waals surface area (Å²) in [5.41, 5.74) is 3.24. The third-order valence-electron chi connectivity index (χ3n) is 6.09. The predicted molar refractivity (Wildman–Crippen MR) is 111 cm³/mol. The molecule has 2 fully saturated rings. The van der Waals surface area contributed by atoms with Crippen LogP contribution < -0.4 is 0 Å². The molecule has 4 heteroatoms. The molecule has 0 bridgehead atoms. The van der Waals surface area contributed by atoms with Gasteiger partial charge in [0, 0.05) is 42.9 Å². The average Bonchev–Trinajstić information content (AvgIpc) is 3.41. The second-order valence-electron chi connectivity index (χ2n) is 9.53. The second-order valence-corrected chi connectivity index (χ2v) is 9.53. The number of aromatic nitrogens is 2. The summed E-state index contributed by atoms with van der Waals surface area (Å²) >= 11 is 0. The molecule has 0 radical (unpaired) electrons. The Balaban J connectivity index is 1.65. The van der Waals surface area contributed by atoms with Crippen LogP contribution in [0.4, 0.5) is 0 Å². The minimum atomic E-state index is -0.0135. The first-order valence-corrected chi connectivity index (χ1v) is 10.7. The highest BCUT2D eigenvalue weighted by Gasteiger charge is 2.32. The van der Waals surface area contributed by atoms with Crippen molar-refractivity contribution in [3.05, 3.63) is 41.9 Å². The monoisotopic (exact) mass is 380 g/mol. The first kappa shape index (κ1) is 19.4. The number of ether oxygens (including phenoxy) is 1. The normalized spacial score (nSPS) is 19.5. The molecule has 1 aromatic carbocycles. The van der Waals surface area contributed by atoms with Crippen LogP contribution >= 0.6 is 0 Å². The van der Waals surface area contributed by atoms with Crippen LogP contribution in [-0.4, -0.2) is 29.1 Å². The van der Waals surface area contributed by atoms with E-state index in [-0.39, 0.29) is 11.3 Å². The van der Waals surface area contributed by atoms with E-state index in [2.05, 4.69) is 55.8 Å². The van der Waals surface area contributed by atoms with Gasteiger partial charge in [-0.25, -0.2) is 4.98 Å². The van der Waals surface area contributed by atoms with E-state index in [9.17, 15) is 4.79 Å². The van der Waals surface area contributed by atoms with Crippen LogP contribution in [0, 0.1) is 11.8 Å². The summed E-state index contributed by atoms with van der Waals surface area (Å²) in [6.07, 6.45) is 7.91. The molecule has 150 valence electrons. The Labute approximate surface area is 168 Å². The Morgan fingerprint density at radius 2 is 1.96 bits per heavy atom. The Kier molecular flexibility index (Phi) is 5.42. The third-order valence-corrected chi connectivity index (χ3v) is 6.09. The first-order valence-electron chi connectivity index (χ1n) is 10.7. The number of carbonyl (C=O) groups is 1. The van der Waals surface area contributed by atoms with Gasteiger partial charge in [0.05, 0.1) is 5.69 Å². The lowest BCUT2D eigenvalue weighted by molar-refractivity contribution is -0.109. The first-order chi connectivity index (χ1) is 13.5. The molecule has 28 heavy (non-hydrogen) atoms. The van der Waals surface area contributed by atoms with Crippen molar-refractivity contribution in [3.63, 3.8) is 0 Å². The van der Waals surface area contributed by atoms with E-state index in [1.807, 2.05) is 0 Å². The number of hydrogen-bond acceptors (Lipinski definition) is 3. The third kappa shape index (κ3) is 4.22. The van der Waals surface area contributed by atoms with E-state index in [1.165, 1.54) is 12.8 Å². The summed E-state index contributed by atoms with van der Waals surface area (Å²) in [6, 6.07) is 8.44. The number of carbonyl (C=O) groups excluding carboxylic acids is 1. The van der Waals surface area contributed by atoms with Gasteiger partial charge in [0.25, 0.3) is 0 Å². The molecule has 1 aliphatic carbocycles. The van der Waals surface area contributed by atoms with Crippen LogP contribution in [0.2, 0.25) is 0 Å². The molecule has 0 spiro atoms. The number of benzene rings is 1. The molecule has 2 heterocycles. The lowest BCUT2D eigenvalue weighted by Crippen LogP contribution is -2.24. The van der Waals surface area contributed by atoms with Crippen molar-refractivity contribution in [3.8, 4) is 11.3 Å². The van der Waals surface area contributed by atoms with Crippen molar-refractivity contribution in [2.24, 2.45) is 11.8 Å². The van der Waals surface area contributed by atoms with Crippen LogP contribution in [0.5, 0.6) is 0 Å². The minimum absolute atomic E-state index is 0.0135. The number of rotatable bonds is 6. The van der Waals surface area contributed by atoms with Crippen molar-refractivity contribution >= 4 is 6.29 Å². The number of imidazole rings is 1. The molecular weight excluding hydrogens is 348 g/mol. The summed E-state index contributed by atoms with van der Waals surface area (Å²) < 4.78 is 7.88. The number of aldehydes is 1. The molecule has 2 aliphatic rings. The fourth-order valence-corrected chi connectivity index (χ4v) is 4.32. The van der Waals surface area contributed by atoms with Crippen molar-refractivity contribution < 1.29 is 9.53 Å². The van der Waals surface area contributed by atoms with E-state index < -0.39 is 0 Å². The highest BCUT2D eigenvalue weighted by Crippen LogP contribution is 2.42. The summed E-state index contributed by atoms with van der Waals surface area (Å²) in [4.78, 5) is 16.7. The molecule has 4 nitrogen and oxygen atoms in total. The summed E-state index contributed by atoms with van der Waals surface area (Å²) in [6.45, 7) is 9.42. The standard InChI is InChI=1S/C24H32N2O2/c1-24(2,3)23-25-22(15-26(23)14-17-9-11-28-12-10-17)20-6-4-5-19(13-20)21(16-27)18-7-8-18/h4-6,13,15-18,21H,7-12,14H2,1-3H3. The Hall–Kier alpha value is -1.94. The quantitative estimate of drug-likeness (QED) is 0.665. The summed E-state index contributed by atoms with van der Waals surface area (Å²) in [5, 5.41) is 0. The van der Waals surface area contributed by atoms with Gasteiger partial charge < -0.3 is 14.1 Å². The largest absolute Gasteiger partial charge is 0.381 e. The molecule has 1 saturated carbocycles. The van der Waals surface area contributed by atoms with Crippen LogP contribution in [-0.2, 0) is 21.5 Å². The van der Waals surface area contributed by atoms with E-state index in [0.717, 1.165) is 61.5 Å². The van der Waals surface area contributed by atoms with Gasteiger partial charge in [-0.3, -0.25) is 0 Å². The summed E-state index contributed by atoms with van der Waals surface area (Å²) in [7, 11) is 0. The average molecular weight is 381 g/mol. The highest BCUT2D eigenvalue weighted by molar-refractivity contribution is 5.67. The lowest BCUT2D eigenvalue weighted by atomic mass is 9.93. The fraction of sp³-hybridized carbons (Fsp3) is 0.583. The molecule has 1 saturated heterocycles. The fourth-order valence-electron chi connectivity index (χ4n) is 4.32. The zero-order valence-electron chi connectivity index (χ0n) is 17.4. The van der Waals surface area contributed by atoms with Gasteiger partial charge in [0.15, 0.2) is 0 Å². The highest BCUT2D eigenvalue weighted by atomic mass is 16.5. The Bertz CT molecular complexity index is 823. The minimum Gasteiger partial charge on any atom is -0.381 e. The second kappa shape index (κ2) is 7.82. The zero-order valence-corrected chi connectivity index (χ0v) is 17.4. The zero-order chi connectivity index (χ0) is 19.7. The van der Waals surface area contributed by atoms with Gasteiger partial charge in [-0.1, -0.05) is 39.0 Å². The SMILES string of the molecule is CC(C)(C)c1nc(-c2cccc(C(C=O)C3CC3)c2)cn1CC1CCOCC1. The smallest absolute Gasteiger partial charge is 0.127 e. The number of nitrogens with zero attached hydrogens (tertiary/aromatic N) is 2. The topological polar surface area (TPSA) is 44.1 Å². The molecule has 2 aromatic rings. The lowest BCUT2D eigenvalue weighted by Gasteiger charge is -2.25. The van der Waals surface area contributed by atoms with Gasteiger partial charge in [0.2, 0.25) is 0 Å². The van der Waals surface area contributed by atoms with E-state index in [0.29, 0.717) is 11.8 Å². The van der Waals surface area contributed by atoms with Crippen molar-refractivity contribution in [2.45, 2.75) is 64.3 Å². The van der Waals surface area contributed by atoms with Gasteiger partial charge in [-0.2, -0.15) is 0 Å². The van der Waals surface area contributed by atoms with Gasteiger partial charge in [-0.05, 0) is 49.1 Å². The molecule has 1 aliphatic heterocycles. The van der Waals surface area contributed by atoms with Crippen LogP contribution in [0.25, 0.3) is 11.3 Å². The van der Waals surface area contributed by atoms with Gasteiger partial charge in [0.1, 0.15) is 12.1 Å². The molecule has 1 unspecified atom stereocenters. The molecule has 1 atom stereocenters. The molecule has 1 aromatic heterocycles. The van der Waals surface area contributed by atoms with E-state index in [4.69, 9.17) is 9.72 Å². The molecular formula is C24H32N2O2. The van der Waals surface area contributed by atoms with Crippen LogP contribution in [0.15, 0.2) is 30.5 Å². The molecule has 0 amide bonds. The molecule has 0 N–H and O–H groups in total. The van der Waals surface area contributed by atoms with Crippen LogP contribution in [0.1, 0.15) is 63.8 Å². The van der Waals surface area contributed by atoms with Crippen molar-refractivity contribution in [1.82, 2.24) is 9.55 Å². The van der Waals surface area contributed by atoms with Crippen molar-refractivity contribution in [2.75, 3.05) is 13.2 Å². The van der Waals surface area contributed by atoms with Gasteiger partial charge in [-0.15, -0.1) is 0 Å². The van der Waals surface area contributed by atoms with E-state index >= 15 is 0 Å². The van der Waals surface area contributed by atoms with Crippen molar-refractivity contribution in [1.29, 1.82) is 0 Å². The predicted octanol–water partition coefficient (Wildman–Crippen LogP) is 4.97. The maximum absolute atomic E-state index is 11.6. The Morgan fingerprint density at radius 3 is 2.61 bits per heavy atom. The summed E-state index contributed by atoms with van der Waals surface area (Å²) in [5.74, 6) is 2.35. The molecule has 4 rings (SSSR count). The van der Waals surface area contributed by atoms with Gasteiger partial charge >= 0.3 is 0 Å². The maximum Gasteiger partial charge on any atom is 0.127 e. The Morgan fingerprint density at radius 1 is 1.21 bits per heavy atom. The number of hydrogen-bond donors (Lipinski definition) is 0. The van der Waals surface area contributed by atoms with E-state index in [1.54, 1.807) is 0 Å². The van der Waals surface area contributed by atoms with Crippen LogP contribution in [0.3, 0.4) is 0 Å².